The van der Waals surface area contributed by atoms with Crippen LogP contribution in [0.3, 0.4) is 0 Å². The number of carbonyl (C=O) groups is 1. The molecule has 3 aromatic carbocycles. The maximum absolute atomic E-state index is 13.7. The van der Waals surface area contributed by atoms with E-state index in [0.717, 1.165) is 5.56 Å². The minimum Gasteiger partial charge on any atom is -0.457 e. The van der Waals surface area contributed by atoms with Crippen LogP contribution in [-0.2, 0) is 4.79 Å². The molecule has 35 heavy (non-hydrogen) atoms. The van der Waals surface area contributed by atoms with Crippen molar-refractivity contribution in [1.82, 2.24) is 14.1 Å². The number of nitrogens with zero attached hydrogens (tertiary/aromatic N) is 3. The fourth-order valence-electron chi connectivity index (χ4n) is 3.89. The Labute approximate surface area is 201 Å². The number of amides is 1. The zero-order chi connectivity index (χ0) is 24.4. The Morgan fingerprint density at radius 1 is 0.914 bits per heavy atom. The fraction of sp³-hybridized carbons (Fsp3) is 0.0357. The largest absolute Gasteiger partial charge is 0.457 e. The number of carbonyl (C=O) groups excluding carboxylic acids is 1. The highest BCUT2D eigenvalue weighted by Gasteiger charge is 2.17. The van der Waals surface area contributed by atoms with Gasteiger partial charge >= 0.3 is 5.69 Å². The lowest BCUT2D eigenvalue weighted by Gasteiger charge is -2.09. The summed E-state index contributed by atoms with van der Waals surface area (Å²) in [7, 11) is 0. The number of hydrogen-bond donors (Lipinski definition) is 1. The molecule has 172 valence electrons. The number of anilines is 1. The maximum Gasteiger partial charge on any atom is 0.338 e. The van der Waals surface area contributed by atoms with E-state index in [9.17, 15) is 9.59 Å². The summed E-state index contributed by atoms with van der Waals surface area (Å²) in [6.07, 6.45) is 4.50. The molecule has 2 aromatic heterocycles. The van der Waals surface area contributed by atoms with Crippen LogP contribution in [0.15, 0.2) is 109 Å². The number of aromatic nitrogens is 3. The SMILES string of the molecule is C=CC(=O)Nc1cccc(-n2c(=O)n(-c3cccc(Oc4ccc(C)cc4)c3)c3cnccc32)c1. The first-order valence-electron chi connectivity index (χ1n) is 11.0. The van der Waals surface area contributed by atoms with Crippen molar-refractivity contribution >= 4 is 22.6 Å². The monoisotopic (exact) mass is 462 g/mol. The van der Waals surface area contributed by atoms with Gasteiger partial charge in [0.15, 0.2) is 0 Å². The number of benzene rings is 3. The summed E-state index contributed by atoms with van der Waals surface area (Å²) in [6, 6.07) is 24.0. The number of ether oxygens (including phenoxy) is 1. The summed E-state index contributed by atoms with van der Waals surface area (Å²) in [5, 5.41) is 2.73. The maximum atomic E-state index is 13.7. The Hall–Kier alpha value is -4.91. The van der Waals surface area contributed by atoms with Gasteiger partial charge in [-0.3, -0.25) is 18.9 Å². The zero-order valence-corrected chi connectivity index (χ0v) is 19.0. The van der Waals surface area contributed by atoms with Gasteiger partial charge in [-0.15, -0.1) is 0 Å². The molecule has 0 aliphatic rings. The number of hydrogen-bond acceptors (Lipinski definition) is 4. The van der Waals surface area contributed by atoms with E-state index in [1.165, 1.54) is 6.08 Å². The van der Waals surface area contributed by atoms with Gasteiger partial charge in [-0.05, 0) is 61.5 Å². The van der Waals surface area contributed by atoms with Crippen molar-refractivity contribution in [1.29, 1.82) is 0 Å². The van der Waals surface area contributed by atoms with Gasteiger partial charge in [0.2, 0.25) is 5.91 Å². The Balaban J connectivity index is 1.61. The van der Waals surface area contributed by atoms with Gasteiger partial charge in [0.1, 0.15) is 11.5 Å². The van der Waals surface area contributed by atoms with Crippen LogP contribution in [0.25, 0.3) is 22.4 Å². The lowest BCUT2D eigenvalue weighted by Crippen LogP contribution is -2.22. The highest BCUT2D eigenvalue weighted by Crippen LogP contribution is 2.26. The predicted octanol–water partition coefficient (Wildman–Crippen LogP) is 5.40. The lowest BCUT2D eigenvalue weighted by atomic mass is 10.2. The summed E-state index contributed by atoms with van der Waals surface area (Å²) in [4.78, 5) is 29.7. The van der Waals surface area contributed by atoms with E-state index in [0.29, 0.717) is 39.6 Å². The third-order valence-corrected chi connectivity index (χ3v) is 5.53. The minimum atomic E-state index is -0.327. The summed E-state index contributed by atoms with van der Waals surface area (Å²) in [5.41, 5.74) is 4.01. The van der Waals surface area contributed by atoms with Gasteiger partial charge in [-0.1, -0.05) is 36.4 Å². The highest BCUT2D eigenvalue weighted by molar-refractivity contribution is 5.99. The molecule has 5 rings (SSSR count). The molecule has 0 radical (unpaired) electrons. The number of pyridine rings is 1. The van der Waals surface area contributed by atoms with E-state index >= 15 is 0 Å². The van der Waals surface area contributed by atoms with E-state index in [2.05, 4.69) is 16.9 Å². The second kappa shape index (κ2) is 9.15. The molecule has 0 atom stereocenters. The van der Waals surface area contributed by atoms with Crippen molar-refractivity contribution in [2.75, 3.05) is 5.32 Å². The highest BCUT2D eigenvalue weighted by atomic mass is 16.5. The van der Waals surface area contributed by atoms with Gasteiger partial charge in [-0.2, -0.15) is 0 Å². The van der Waals surface area contributed by atoms with Gasteiger partial charge in [0.25, 0.3) is 0 Å². The number of rotatable bonds is 6. The first-order chi connectivity index (χ1) is 17.0. The Morgan fingerprint density at radius 3 is 2.40 bits per heavy atom. The average Bonchev–Trinajstić information content (AvgIpc) is 3.17. The van der Waals surface area contributed by atoms with Crippen LogP contribution in [0, 0.1) is 6.92 Å². The van der Waals surface area contributed by atoms with Crippen molar-refractivity contribution in [2.24, 2.45) is 0 Å². The zero-order valence-electron chi connectivity index (χ0n) is 19.0. The number of aryl methyl sites for hydroxylation is 1. The van der Waals surface area contributed by atoms with Crippen LogP contribution in [0.5, 0.6) is 11.5 Å². The molecular weight excluding hydrogens is 440 g/mol. The summed E-state index contributed by atoms with van der Waals surface area (Å²) in [5.74, 6) is 0.992. The van der Waals surface area contributed by atoms with Crippen LogP contribution in [0.2, 0.25) is 0 Å². The molecule has 0 bridgehead atoms. The van der Waals surface area contributed by atoms with Crippen LogP contribution in [0.1, 0.15) is 5.56 Å². The molecule has 2 heterocycles. The standard InChI is InChI=1S/C28H22N4O3/c1-3-27(33)30-20-6-4-7-21(16-20)31-25-14-15-29-18-26(25)32(28(31)34)22-8-5-9-24(17-22)35-23-12-10-19(2)11-13-23/h3-18H,1H2,2H3,(H,30,33). The smallest absolute Gasteiger partial charge is 0.338 e. The Morgan fingerprint density at radius 2 is 1.63 bits per heavy atom. The van der Waals surface area contributed by atoms with E-state index < -0.39 is 0 Å². The molecule has 0 saturated heterocycles. The molecule has 0 saturated carbocycles. The molecular formula is C28H22N4O3. The minimum absolute atomic E-state index is 0.271. The second-order valence-electron chi connectivity index (χ2n) is 7.97. The summed E-state index contributed by atoms with van der Waals surface area (Å²) >= 11 is 0. The van der Waals surface area contributed by atoms with Gasteiger partial charge in [-0.25, -0.2) is 4.79 Å². The Bertz CT molecular complexity index is 1610. The average molecular weight is 463 g/mol. The third kappa shape index (κ3) is 4.35. The van der Waals surface area contributed by atoms with E-state index in [1.807, 2.05) is 61.5 Å². The molecule has 5 aromatic rings. The van der Waals surface area contributed by atoms with Gasteiger partial charge < -0.3 is 10.1 Å². The van der Waals surface area contributed by atoms with Gasteiger partial charge in [0.05, 0.1) is 28.6 Å². The van der Waals surface area contributed by atoms with Crippen LogP contribution in [0.4, 0.5) is 5.69 Å². The molecule has 0 spiro atoms. The summed E-state index contributed by atoms with van der Waals surface area (Å²) < 4.78 is 9.20. The first-order valence-corrected chi connectivity index (χ1v) is 11.0. The van der Waals surface area contributed by atoms with Crippen molar-refractivity contribution < 1.29 is 9.53 Å². The van der Waals surface area contributed by atoms with Crippen molar-refractivity contribution in [3.8, 4) is 22.9 Å². The van der Waals surface area contributed by atoms with Gasteiger partial charge in [0, 0.05) is 18.0 Å². The third-order valence-electron chi connectivity index (χ3n) is 5.53. The normalized spacial score (nSPS) is 10.8. The summed E-state index contributed by atoms with van der Waals surface area (Å²) in [6.45, 7) is 5.50. The lowest BCUT2D eigenvalue weighted by molar-refractivity contribution is -0.111. The molecule has 7 nitrogen and oxygen atoms in total. The molecule has 0 unspecified atom stereocenters. The van der Waals surface area contributed by atoms with E-state index in [-0.39, 0.29) is 11.6 Å². The second-order valence-corrected chi connectivity index (χ2v) is 7.97. The van der Waals surface area contributed by atoms with Crippen molar-refractivity contribution in [2.45, 2.75) is 6.92 Å². The topological polar surface area (TPSA) is 78.2 Å². The number of imidazole rings is 1. The molecule has 1 amide bonds. The number of nitrogens with one attached hydrogen (secondary N) is 1. The molecule has 1 N–H and O–H groups in total. The fourth-order valence-corrected chi connectivity index (χ4v) is 3.89. The first kappa shape index (κ1) is 21.9. The Kier molecular flexibility index (Phi) is 5.73. The number of fused-ring (bicyclic) bond motifs is 1. The van der Waals surface area contributed by atoms with Crippen molar-refractivity contribution in [3.63, 3.8) is 0 Å². The molecule has 0 aliphatic heterocycles. The van der Waals surface area contributed by atoms with Crippen LogP contribution in [-0.4, -0.2) is 20.0 Å². The predicted molar refractivity (Wildman–Crippen MR) is 137 cm³/mol. The molecule has 7 heteroatoms. The van der Waals surface area contributed by atoms with Crippen LogP contribution >= 0.6 is 0 Å². The van der Waals surface area contributed by atoms with Crippen LogP contribution < -0.4 is 15.7 Å². The van der Waals surface area contributed by atoms with E-state index in [1.54, 1.807) is 45.8 Å². The molecule has 0 aliphatic carbocycles. The quantitative estimate of drug-likeness (QED) is 0.343. The van der Waals surface area contributed by atoms with E-state index in [4.69, 9.17) is 4.74 Å². The molecule has 0 fully saturated rings. The van der Waals surface area contributed by atoms with Crippen molar-refractivity contribution in [3.05, 3.63) is 120 Å².